The predicted molar refractivity (Wildman–Crippen MR) is 85.7 cm³/mol. The SMILES string of the molecule is CCCCC(CC)CC[CH]([Na])CC(C)C.O=S(=O)(O)O. The molecule has 20 heavy (non-hydrogen) atoms. The van der Waals surface area contributed by atoms with Crippen molar-refractivity contribution in [3.8, 4) is 0 Å². The van der Waals surface area contributed by atoms with Crippen LogP contribution in [0.25, 0.3) is 0 Å². The molecule has 0 aromatic rings. The van der Waals surface area contributed by atoms with E-state index < -0.39 is 10.4 Å². The van der Waals surface area contributed by atoms with Crippen LogP contribution < -0.4 is 0 Å². The Morgan fingerprint density at radius 2 is 1.55 bits per heavy atom. The van der Waals surface area contributed by atoms with Crippen LogP contribution in [0.4, 0.5) is 0 Å². The monoisotopic (exact) mass is 318 g/mol. The van der Waals surface area contributed by atoms with Gasteiger partial charge < -0.3 is 0 Å². The van der Waals surface area contributed by atoms with Crippen LogP contribution >= 0.6 is 0 Å². The molecular formula is C14H31NaO4S. The first-order valence-corrected chi connectivity index (χ1v) is 10.3. The Bertz CT molecular complexity index is 296. The summed E-state index contributed by atoms with van der Waals surface area (Å²) in [7, 11) is -4.67. The molecule has 0 amide bonds. The molecule has 0 spiro atoms. The van der Waals surface area contributed by atoms with E-state index in [1.165, 1.54) is 72.9 Å². The van der Waals surface area contributed by atoms with Crippen molar-refractivity contribution < 1.29 is 17.5 Å². The van der Waals surface area contributed by atoms with Gasteiger partial charge in [0.25, 0.3) is 0 Å². The zero-order chi connectivity index (χ0) is 16.2. The van der Waals surface area contributed by atoms with Crippen molar-refractivity contribution >= 4 is 38.3 Å². The van der Waals surface area contributed by atoms with Crippen LogP contribution in [0.5, 0.6) is 0 Å². The summed E-state index contributed by atoms with van der Waals surface area (Å²) in [4.78, 5) is 0. The van der Waals surface area contributed by atoms with E-state index >= 15 is 0 Å². The molecule has 0 saturated carbocycles. The van der Waals surface area contributed by atoms with Crippen LogP contribution in [0, 0.1) is 11.8 Å². The van der Waals surface area contributed by atoms with Crippen LogP contribution in [-0.4, -0.2) is 45.5 Å². The molecule has 0 saturated heterocycles. The largest absolute Gasteiger partial charge is 0.394 e. The maximum Gasteiger partial charge on any atom is 0.394 e. The third-order valence-electron chi connectivity index (χ3n) is 3.48. The van der Waals surface area contributed by atoms with Gasteiger partial charge in [0, 0.05) is 0 Å². The van der Waals surface area contributed by atoms with Crippen molar-refractivity contribution in [1.82, 2.24) is 0 Å². The molecule has 2 N–H and O–H groups in total. The van der Waals surface area contributed by atoms with Crippen LogP contribution in [-0.2, 0) is 10.4 Å². The summed E-state index contributed by atoms with van der Waals surface area (Å²) < 4.78 is 32.7. The predicted octanol–water partition coefficient (Wildman–Crippen LogP) is 4.33. The van der Waals surface area contributed by atoms with Crippen LogP contribution in [0.2, 0.25) is 3.17 Å². The van der Waals surface area contributed by atoms with E-state index in [2.05, 4.69) is 27.7 Å². The Labute approximate surface area is 143 Å². The van der Waals surface area contributed by atoms with Crippen molar-refractivity contribution in [1.29, 1.82) is 0 Å². The average molecular weight is 318 g/mol. The second-order valence-electron chi connectivity index (χ2n) is 6.18. The van der Waals surface area contributed by atoms with Crippen molar-refractivity contribution in [2.24, 2.45) is 11.8 Å². The molecule has 0 aliphatic rings. The van der Waals surface area contributed by atoms with Gasteiger partial charge in [-0.05, 0) is 0 Å². The first-order valence-electron chi connectivity index (χ1n) is 7.79. The standard InChI is InChI=1S/C14H29.Na.H2O4S/c1-5-7-11-14(6-2)12-9-8-10-13(3)4;;1-5(2,3)4/h8,13-14H,5-7,9-12H2,1-4H3;;(H2,1,2,3,4). The zero-order valence-corrected chi connectivity index (χ0v) is 16.6. The normalized spacial score (nSPS) is 14.7. The fraction of sp³-hybridized carbons (Fsp3) is 1.00. The quantitative estimate of drug-likeness (QED) is 0.490. The Balaban J connectivity index is 0. The van der Waals surface area contributed by atoms with Gasteiger partial charge in [-0.1, -0.05) is 0 Å². The zero-order valence-electron chi connectivity index (χ0n) is 13.8. The Kier molecular flexibility index (Phi) is 15.7. The van der Waals surface area contributed by atoms with E-state index in [-0.39, 0.29) is 0 Å². The molecule has 0 heterocycles. The van der Waals surface area contributed by atoms with E-state index in [0.29, 0.717) is 0 Å². The van der Waals surface area contributed by atoms with Crippen LogP contribution in [0.3, 0.4) is 0 Å². The number of hydrogen-bond acceptors (Lipinski definition) is 2. The van der Waals surface area contributed by atoms with Crippen molar-refractivity contribution in [3.63, 3.8) is 0 Å². The molecule has 118 valence electrons. The molecule has 0 aliphatic heterocycles. The summed E-state index contributed by atoms with van der Waals surface area (Å²) in [6.07, 6.45) is 10.2. The fourth-order valence-electron chi connectivity index (χ4n) is 2.49. The van der Waals surface area contributed by atoms with Crippen LogP contribution in [0.1, 0.15) is 72.6 Å². The minimum Gasteiger partial charge on any atom is -0.264 e. The maximum atomic E-state index is 8.74. The Morgan fingerprint density at radius 1 is 1.05 bits per heavy atom. The van der Waals surface area contributed by atoms with E-state index in [4.69, 9.17) is 17.5 Å². The molecule has 4 nitrogen and oxygen atoms in total. The van der Waals surface area contributed by atoms with Gasteiger partial charge in [0.05, 0.1) is 0 Å². The van der Waals surface area contributed by atoms with E-state index in [1.54, 1.807) is 0 Å². The molecule has 2 atom stereocenters. The smallest absolute Gasteiger partial charge is 0.264 e. The maximum absolute atomic E-state index is 8.74. The number of rotatable bonds is 9. The summed E-state index contributed by atoms with van der Waals surface area (Å²) in [5, 5.41) is 0. The first kappa shape index (κ1) is 23.1. The Morgan fingerprint density at radius 3 is 1.90 bits per heavy atom. The molecule has 0 aromatic carbocycles. The van der Waals surface area contributed by atoms with Gasteiger partial charge >= 0.3 is 126 Å². The van der Waals surface area contributed by atoms with Gasteiger partial charge in [0.15, 0.2) is 0 Å². The molecule has 2 unspecified atom stereocenters. The van der Waals surface area contributed by atoms with Gasteiger partial charge in [0.2, 0.25) is 0 Å². The summed E-state index contributed by atoms with van der Waals surface area (Å²) in [5.74, 6) is 1.93. The molecule has 0 aliphatic carbocycles. The number of unbranched alkanes of at least 4 members (excludes halogenated alkanes) is 1. The molecule has 0 radical (unpaired) electrons. The van der Waals surface area contributed by atoms with Gasteiger partial charge in [-0.2, -0.15) is 8.42 Å². The third-order valence-corrected chi connectivity index (χ3v) is 4.53. The van der Waals surface area contributed by atoms with Crippen molar-refractivity contribution in [2.75, 3.05) is 0 Å². The summed E-state index contributed by atoms with van der Waals surface area (Å²) >= 11 is 1.40. The molecule has 0 rings (SSSR count). The van der Waals surface area contributed by atoms with Gasteiger partial charge in [-0.15, -0.1) is 0 Å². The Hall–Kier alpha value is 0.870. The molecule has 0 aromatic heterocycles. The van der Waals surface area contributed by atoms with Gasteiger partial charge in [0.1, 0.15) is 0 Å². The van der Waals surface area contributed by atoms with Crippen LogP contribution in [0.15, 0.2) is 0 Å². The summed E-state index contributed by atoms with van der Waals surface area (Å²) in [6.45, 7) is 9.39. The van der Waals surface area contributed by atoms with Crippen molar-refractivity contribution in [3.05, 3.63) is 0 Å². The van der Waals surface area contributed by atoms with E-state index in [1.807, 2.05) is 0 Å². The minimum atomic E-state index is -4.67. The molecule has 0 bridgehead atoms. The van der Waals surface area contributed by atoms with Gasteiger partial charge in [-0.25, -0.2) is 0 Å². The number of hydrogen-bond donors (Lipinski definition) is 2. The molecule has 6 heteroatoms. The van der Waals surface area contributed by atoms with Crippen molar-refractivity contribution in [2.45, 2.75) is 75.8 Å². The second kappa shape index (κ2) is 13.5. The van der Waals surface area contributed by atoms with E-state index in [0.717, 1.165) is 15.0 Å². The molecular weight excluding hydrogens is 287 g/mol. The summed E-state index contributed by atoms with van der Waals surface area (Å²) in [6, 6.07) is 0. The third kappa shape index (κ3) is 23.9. The van der Waals surface area contributed by atoms with Gasteiger partial charge in [-0.3, -0.25) is 9.11 Å². The summed E-state index contributed by atoms with van der Waals surface area (Å²) in [5.41, 5.74) is 0. The first-order chi connectivity index (χ1) is 9.10. The second-order valence-corrected chi connectivity index (χ2v) is 8.71. The molecule has 0 fully saturated rings. The fourth-order valence-corrected chi connectivity index (χ4v) is 3.76. The van der Waals surface area contributed by atoms with E-state index in [9.17, 15) is 0 Å². The minimum absolute atomic E-state index is 0.906. The average Bonchev–Trinajstić information content (AvgIpc) is 2.26. The topological polar surface area (TPSA) is 74.6 Å².